The molecule has 0 amide bonds. The van der Waals surface area contributed by atoms with Crippen LogP contribution in [-0.4, -0.2) is 35.9 Å². The van der Waals surface area contributed by atoms with Crippen LogP contribution in [0.4, 0.5) is 0 Å². The van der Waals surface area contributed by atoms with Gasteiger partial charge < -0.3 is 10.8 Å². The van der Waals surface area contributed by atoms with Gasteiger partial charge in [-0.1, -0.05) is 0 Å². The molecule has 0 aliphatic carbocycles. The quantitative estimate of drug-likeness (QED) is 0.425. The van der Waals surface area contributed by atoms with Gasteiger partial charge in [-0.05, 0) is 13.5 Å². The summed E-state index contributed by atoms with van der Waals surface area (Å²) in [5, 5.41) is 9.07. The number of aliphatic hydroxyl groups excluding tert-OH is 1. The van der Waals surface area contributed by atoms with E-state index < -0.39 is 6.23 Å². The van der Waals surface area contributed by atoms with Gasteiger partial charge in [0.15, 0.2) is 0 Å². The van der Waals surface area contributed by atoms with Crippen molar-refractivity contribution in [3.8, 4) is 0 Å². The molecule has 1 aliphatic rings. The Morgan fingerprint density at radius 1 is 1.75 bits per heavy atom. The van der Waals surface area contributed by atoms with Crippen molar-refractivity contribution in [3.63, 3.8) is 0 Å². The summed E-state index contributed by atoms with van der Waals surface area (Å²) < 4.78 is 0. The van der Waals surface area contributed by atoms with E-state index >= 15 is 0 Å². The first-order valence-corrected chi connectivity index (χ1v) is 2.85. The number of likely N-dealkylation sites (tertiary alicyclic amines) is 1. The minimum Gasteiger partial charge on any atom is -0.377 e. The van der Waals surface area contributed by atoms with E-state index in [4.69, 9.17) is 10.8 Å². The van der Waals surface area contributed by atoms with Crippen LogP contribution in [-0.2, 0) is 0 Å². The number of hydrogen-bond acceptors (Lipinski definition) is 3. The summed E-state index contributed by atoms with van der Waals surface area (Å²) in [6.45, 7) is 0.919. The van der Waals surface area contributed by atoms with Crippen molar-refractivity contribution in [1.29, 1.82) is 0 Å². The van der Waals surface area contributed by atoms with Crippen LogP contribution in [0.3, 0.4) is 0 Å². The number of nitrogens with zero attached hydrogens (tertiary/aromatic N) is 1. The van der Waals surface area contributed by atoms with E-state index in [-0.39, 0.29) is 6.04 Å². The van der Waals surface area contributed by atoms with Gasteiger partial charge in [-0.3, -0.25) is 4.90 Å². The Balaban J connectivity index is 2.44. The van der Waals surface area contributed by atoms with E-state index in [9.17, 15) is 0 Å². The molecule has 0 aromatic rings. The van der Waals surface area contributed by atoms with Gasteiger partial charge in [-0.2, -0.15) is 0 Å². The molecule has 0 saturated carbocycles. The van der Waals surface area contributed by atoms with Crippen LogP contribution in [0.2, 0.25) is 0 Å². The second-order valence-corrected chi connectivity index (χ2v) is 2.35. The first kappa shape index (κ1) is 6.01. The van der Waals surface area contributed by atoms with E-state index in [1.54, 1.807) is 0 Å². The SMILES string of the molecule is CN1CC[C@@H](N)C1O. The van der Waals surface area contributed by atoms with E-state index in [1.165, 1.54) is 0 Å². The molecule has 0 aromatic heterocycles. The Bertz CT molecular complexity index is 76.5. The number of likely N-dealkylation sites (N-methyl/N-ethyl adjacent to an activating group) is 1. The lowest BCUT2D eigenvalue weighted by atomic mass is 10.3. The molecule has 1 heterocycles. The largest absolute Gasteiger partial charge is 0.377 e. The van der Waals surface area contributed by atoms with Crippen LogP contribution < -0.4 is 5.73 Å². The number of aliphatic hydroxyl groups is 1. The molecule has 0 spiro atoms. The summed E-state index contributed by atoms with van der Waals surface area (Å²) >= 11 is 0. The summed E-state index contributed by atoms with van der Waals surface area (Å²) in [4.78, 5) is 1.85. The fourth-order valence-electron chi connectivity index (χ4n) is 0.961. The average molecular weight is 116 g/mol. The zero-order valence-corrected chi connectivity index (χ0v) is 5.04. The number of rotatable bonds is 0. The molecule has 0 bridgehead atoms. The minimum atomic E-state index is -0.407. The maximum Gasteiger partial charge on any atom is 0.122 e. The van der Waals surface area contributed by atoms with E-state index in [0.29, 0.717) is 0 Å². The minimum absolute atomic E-state index is 0.0278. The molecule has 2 atom stereocenters. The predicted molar refractivity (Wildman–Crippen MR) is 31.2 cm³/mol. The fourth-order valence-corrected chi connectivity index (χ4v) is 0.961. The lowest BCUT2D eigenvalue weighted by molar-refractivity contribution is 0.0460. The Hall–Kier alpha value is -0.120. The van der Waals surface area contributed by atoms with Crippen molar-refractivity contribution in [2.45, 2.75) is 18.7 Å². The van der Waals surface area contributed by atoms with Crippen LogP contribution in [0.5, 0.6) is 0 Å². The topological polar surface area (TPSA) is 49.5 Å². The molecule has 1 saturated heterocycles. The Morgan fingerprint density at radius 2 is 2.38 bits per heavy atom. The smallest absolute Gasteiger partial charge is 0.122 e. The highest BCUT2D eigenvalue weighted by Crippen LogP contribution is 2.09. The van der Waals surface area contributed by atoms with E-state index in [2.05, 4.69) is 0 Å². The normalized spacial score (nSPS) is 40.9. The molecular weight excluding hydrogens is 104 g/mol. The van der Waals surface area contributed by atoms with Crippen LogP contribution in [0.25, 0.3) is 0 Å². The van der Waals surface area contributed by atoms with Gasteiger partial charge in [0.2, 0.25) is 0 Å². The molecule has 1 unspecified atom stereocenters. The summed E-state index contributed by atoms with van der Waals surface area (Å²) in [5.41, 5.74) is 5.48. The third-order valence-electron chi connectivity index (χ3n) is 1.65. The van der Waals surface area contributed by atoms with Crippen molar-refractivity contribution < 1.29 is 5.11 Å². The van der Waals surface area contributed by atoms with Gasteiger partial charge in [-0.25, -0.2) is 0 Å². The maximum atomic E-state index is 9.07. The Morgan fingerprint density at radius 3 is 2.50 bits per heavy atom. The Labute approximate surface area is 49.1 Å². The van der Waals surface area contributed by atoms with Crippen molar-refractivity contribution in [3.05, 3.63) is 0 Å². The molecule has 8 heavy (non-hydrogen) atoms. The maximum absolute atomic E-state index is 9.07. The molecule has 1 aliphatic heterocycles. The molecule has 0 aromatic carbocycles. The lowest BCUT2D eigenvalue weighted by Gasteiger charge is -2.14. The fraction of sp³-hybridized carbons (Fsp3) is 1.00. The summed E-state index contributed by atoms with van der Waals surface area (Å²) in [7, 11) is 1.87. The predicted octanol–water partition coefficient (Wildman–Crippen LogP) is -1.03. The summed E-state index contributed by atoms with van der Waals surface area (Å²) in [5.74, 6) is 0. The van der Waals surface area contributed by atoms with Crippen LogP contribution in [0, 0.1) is 0 Å². The highest BCUT2D eigenvalue weighted by molar-refractivity contribution is 4.79. The average Bonchev–Trinajstić information content (AvgIpc) is 1.98. The van der Waals surface area contributed by atoms with Crippen LogP contribution in [0.15, 0.2) is 0 Å². The molecule has 48 valence electrons. The van der Waals surface area contributed by atoms with Gasteiger partial charge in [0.25, 0.3) is 0 Å². The summed E-state index contributed by atoms with van der Waals surface area (Å²) in [6.07, 6.45) is 0.507. The van der Waals surface area contributed by atoms with Crippen LogP contribution >= 0.6 is 0 Å². The van der Waals surface area contributed by atoms with Gasteiger partial charge in [0, 0.05) is 12.6 Å². The zero-order chi connectivity index (χ0) is 6.15. The Kier molecular flexibility index (Phi) is 1.51. The second kappa shape index (κ2) is 2.01. The molecular formula is C5H12N2O. The van der Waals surface area contributed by atoms with Crippen molar-refractivity contribution in [2.75, 3.05) is 13.6 Å². The van der Waals surface area contributed by atoms with E-state index in [1.807, 2.05) is 11.9 Å². The first-order chi connectivity index (χ1) is 3.72. The molecule has 3 heteroatoms. The third kappa shape index (κ3) is 0.844. The van der Waals surface area contributed by atoms with Gasteiger partial charge >= 0.3 is 0 Å². The molecule has 3 N–H and O–H groups in total. The highest BCUT2D eigenvalue weighted by Gasteiger charge is 2.25. The highest BCUT2D eigenvalue weighted by atomic mass is 16.3. The van der Waals surface area contributed by atoms with Crippen molar-refractivity contribution in [2.24, 2.45) is 5.73 Å². The molecule has 1 fully saturated rings. The van der Waals surface area contributed by atoms with Gasteiger partial charge in [0.1, 0.15) is 6.23 Å². The standard InChI is InChI=1S/C5H12N2O/c1-7-3-2-4(6)5(7)8/h4-5,8H,2-3,6H2,1H3/t4-,5?/m1/s1. The molecule has 3 nitrogen and oxygen atoms in total. The number of hydrogen-bond donors (Lipinski definition) is 2. The second-order valence-electron chi connectivity index (χ2n) is 2.35. The molecule has 1 rings (SSSR count). The first-order valence-electron chi connectivity index (χ1n) is 2.85. The van der Waals surface area contributed by atoms with E-state index in [0.717, 1.165) is 13.0 Å². The molecule has 0 radical (unpaired) electrons. The third-order valence-corrected chi connectivity index (χ3v) is 1.65. The summed E-state index contributed by atoms with van der Waals surface area (Å²) in [6, 6.07) is -0.0278. The number of nitrogens with two attached hydrogens (primary N) is 1. The zero-order valence-electron chi connectivity index (χ0n) is 5.04. The van der Waals surface area contributed by atoms with Crippen LogP contribution in [0.1, 0.15) is 6.42 Å². The van der Waals surface area contributed by atoms with Crippen molar-refractivity contribution in [1.82, 2.24) is 4.90 Å². The van der Waals surface area contributed by atoms with Gasteiger partial charge in [-0.15, -0.1) is 0 Å². The van der Waals surface area contributed by atoms with Crippen molar-refractivity contribution >= 4 is 0 Å². The lowest BCUT2D eigenvalue weighted by Crippen LogP contribution is -2.36. The van der Waals surface area contributed by atoms with Gasteiger partial charge in [0.05, 0.1) is 0 Å². The monoisotopic (exact) mass is 116 g/mol.